The van der Waals surface area contributed by atoms with E-state index in [2.05, 4.69) is 0 Å². The second-order valence-corrected chi connectivity index (χ2v) is 5.11. The summed E-state index contributed by atoms with van der Waals surface area (Å²) >= 11 is 0. The second-order valence-electron chi connectivity index (χ2n) is 5.11. The first kappa shape index (κ1) is 14.5. The maximum absolute atomic E-state index is 12.6. The molecule has 0 aromatic heterocycles. The normalized spacial score (nSPS) is 23.6. The number of nitrogens with zero attached hydrogens (tertiary/aromatic N) is 1. The van der Waals surface area contributed by atoms with Gasteiger partial charge in [-0.2, -0.15) is 0 Å². The predicted octanol–water partition coefficient (Wildman–Crippen LogP) is 1.23. The van der Waals surface area contributed by atoms with E-state index in [1.807, 2.05) is 37.3 Å². The van der Waals surface area contributed by atoms with Gasteiger partial charge in [-0.25, -0.2) is 4.79 Å². The van der Waals surface area contributed by atoms with E-state index >= 15 is 0 Å². The minimum absolute atomic E-state index is 0.0964. The summed E-state index contributed by atoms with van der Waals surface area (Å²) in [5.74, 6) is -1.64. The number of β-amino-alcohol motifs (C(OH)–C–C–N with tert-alkyl or cyclic N) is 1. The van der Waals surface area contributed by atoms with Crippen molar-refractivity contribution in [2.24, 2.45) is 0 Å². The first-order valence-electron chi connectivity index (χ1n) is 6.80. The Hall–Kier alpha value is -1.88. The first-order valence-corrected chi connectivity index (χ1v) is 6.80. The Morgan fingerprint density at radius 2 is 2.00 bits per heavy atom. The van der Waals surface area contributed by atoms with Crippen LogP contribution in [-0.2, 0) is 9.59 Å². The third kappa shape index (κ3) is 2.82. The number of hydrogen-bond donors (Lipinski definition) is 2. The van der Waals surface area contributed by atoms with Crippen LogP contribution in [0.2, 0.25) is 0 Å². The van der Waals surface area contributed by atoms with Crippen LogP contribution in [0.4, 0.5) is 0 Å². The Morgan fingerprint density at radius 3 is 2.55 bits per heavy atom. The van der Waals surface area contributed by atoms with E-state index in [1.54, 1.807) is 0 Å². The second kappa shape index (κ2) is 6.05. The van der Waals surface area contributed by atoms with Gasteiger partial charge in [0, 0.05) is 13.0 Å². The van der Waals surface area contributed by atoms with Gasteiger partial charge in [-0.3, -0.25) is 4.79 Å². The minimum Gasteiger partial charge on any atom is -0.480 e. The minimum atomic E-state index is -1.06. The van der Waals surface area contributed by atoms with Crippen LogP contribution in [0.5, 0.6) is 0 Å². The predicted molar refractivity (Wildman–Crippen MR) is 73.2 cm³/mol. The van der Waals surface area contributed by atoms with E-state index in [1.165, 1.54) is 4.90 Å². The zero-order chi connectivity index (χ0) is 14.7. The Bertz CT molecular complexity index is 488. The van der Waals surface area contributed by atoms with Crippen molar-refractivity contribution in [3.63, 3.8) is 0 Å². The highest BCUT2D eigenvalue weighted by Crippen LogP contribution is 2.27. The van der Waals surface area contributed by atoms with E-state index in [9.17, 15) is 19.8 Å². The van der Waals surface area contributed by atoms with Crippen molar-refractivity contribution < 1.29 is 19.8 Å². The summed E-state index contributed by atoms with van der Waals surface area (Å²) in [4.78, 5) is 25.1. The molecule has 1 unspecified atom stereocenters. The summed E-state index contributed by atoms with van der Waals surface area (Å²) in [5, 5.41) is 18.8. The lowest BCUT2D eigenvalue weighted by molar-refractivity contribution is -0.148. The molecule has 0 aliphatic carbocycles. The van der Waals surface area contributed by atoms with Crippen LogP contribution in [0.15, 0.2) is 30.3 Å². The number of aliphatic carboxylic acids is 1. The molecule has 5 heteroatoms. The molecule has 1 heterocycles. The molecular formula is C15H19NO4. The van der Waals surface area contributed by atoms with Gasteiger partial charge in [0.15, 0.2) is 0 Å². The van der Waals surface area contributed by atoms with Crippen molar-refractivity contribution in [1.29, 1.82) is 0 Å². The first-order chi connectivity index (χ1) is 9.54. The molecule has 0 spiro atoms. The smallest absolute Gasteiger partial charge is 0.326 e. The van der Waals surface area contributed by atoms with Crippen molar-refractivity contribution >= 4 is 11.9 Å². The van der Waals surface area contributed by atoms with E-state index in [0.29, 0.717) is 6.42 Å². The van der Waals surface area contributed by atoms with Gasteiger partial charge in [0.05, 0.1) is 12.0 Å². The number of carbonyl (C=O) groups is 2. The molecule has 2 rings (SSSR count). The molecular weight excluding hydrogens is 258 g/mol. The molecule has 1 aromatic rings. The molecule has 5 nitrogen and oxygen atoms in total. The van der Waals surface area contributed by atoms with Gasteiger partial charge >= 0.3 is 5.97 Å². The molecule has 108 valence electrons. The van der Waals surface area contributed by atoms with Crippen LogP contribution in [0, 0.1) is 0 Å². The molecule has 1 aliphatic heterocycles. The molecule has 1 amide bonds. The standard InChI is InChI=1S/C15H19NO4/c1-2-12(10-6-4-3-5-7-10)14(18)16-9-11(17)8-13(16)15(19)20/h3-7,11-13,17H,2,8-9H2,1H3,(H,19,20)/t11-,12?,13+/m1/s1. The van der Waals surface area contributed by atoms with Gasteiger partial charge in [0.1, 0.15) is 6.04 Å². The zero-order valence-corrected chi connectivity index (χ0v) is 11.4. The van der Waals surface area contributed by atoms with Crippen molar-refractivity contribution in [1.82, 2.24) is 4.90 Å². The highest BCUT2D eigenvalue weighted by atomic mass is 16.4. The molecule has 1 aromatic carbocycles. The van der Waals surface area contributed by atoms with Crippen LogP contribution in [0.3, 0.4) is 0 Å². The van der Waals surface area contributed by atoms with Crippen molar-refractivity contribution in [2.75, 3.05) is 6.54 Å². The maximum Gasteiger partial charge on any atom is 0.326 e. The number of amides is 1. The lowest BCUT2D eigenvalue weighted by atomic mass is 9.95. The van der Waals surface area contributed by atoms with E-state index in [4.69, 9.17) is 0 Å². The van der Waals surface area contributed by atoms with Crippen LogP contribution >= 0.6 is 0 Å². The largest absolute Gasteiger partial charge is 0.480 e. The molecule has 1 aliphatic rings. The number of benzene rings is 1. The topological polar surface area (TPSA) is 77.8 Å². The molecule has 3 atom stereocenters. The van der Waals surface area contributed by atoms with Crippen molar-refractivity contribution in [3.8, 4) is 0 Å². The number of aliphatic hydroxyl groups is 1. The number of rotatable bonds is 4. The van der Waals surface area contributed by atoms with Crippen LogP contribution < -0.4 is 0 Å². The van der Waals surface area contributed by atoms with E-state index in [-0.39, 0.29) is 24.8 Å². The third-order valence-corrected chi connectivity index (χ3v) is 3.76. The summed E-state index contributed by atoms with van der Waals surface area (Å²) < 4.78 is 0. The summed E-state index contributed by atoms with van der Waals surface area (Å²) in [6.45, 7) is 2.00. The molecule has 0 saturated carbocycles. The molecule has 2 N–H and O–H groups in total. The number of carbonyl (C=O) groups excluding carboxylic acids is 1. The SMILES string of the molecule is CCC(C(=O)N1C[C@H](O)C[C@H]1C(=O)O)c1ccccc1. The fourth-order valence-electron chi connectivity index (χ4n) is 2.73. The summed E-state index contributed by atoms with van der Waals surface area (Å²) in [6.07, 6.45) is -0.0537. The monoisotopic (exact) mass is 277 g/mol. The van der Waals surface area contributed by atoms with Gasteiger partial charge in [-0.15, -0.1) is 0 Å². The Balaban J connectivity index is 2.22. The van der Waals surface area contributed by atoms with Gasteiger partial charge in [0.2, 0.25) is 5.91 Å². The number of aliphatic hydroxyl groups excluding tert-OH is 1. The number of hydrogen-bond acceptors (Lipinski definition) is 3. The number of carboxylic acid groups (broad SMARTS) is 1. The average Bonchev–Trinajstić information content (AvgIpc) is 2.83. The van der Waals surface area contributed by atoms with Crippen LogP contribution in [0.1, 0.15) is 31.2 Å². The van der Waals surface area contributed by atoms with Crippen LogP contribution in [-0.4, -0.2) is 45.7 Å². The van der Waals surface area contributed by atoms with Gasteiger partial charge < -0.3 is 15.1 Å². The number of likely N-dealkylation sites (tertiary alicyclic amines) is 1. The van der Waals surface area contributed by atoms with Crippen LogP contribution in [0.25, 0.3) is 0 Å². The molecule has 0 radical (unpaired) electrons. The van der Waals surface area contributed by atoms with E-state index < -0.39 is 18.1 Å². The molecule has 0 bridgehead atoms. The molecule has 1 fully saturated rings. The average molecular weight is 277 g/mol. The molecule has 1 saturated heterocycles. The highest BCUT2D eigenvalue weighted by Gasteiger charge is 2.40. The quantitative estimate of drug-likeness (QED) is 0.867. The Kier molecular flexibility index (Phi) is 4.39. The Labute approximate surface area is 117 Å². The fourth-order valence-corrected chi connectivity index (χ4v) is 2.73. The lowest BCUT2D eigenvalue weighted by Gasteiger charge is -2.26. The van der Waals surface area contributed by atoms with Crippen molar-refractivity contribution in [3.05, 3.63) is 35.9 Å². The van der Waals surface area contributed by atoms with Gasteiger partial charge in [-0.05, 0) is 12.0 Å². The van der Waals surface area contributed by atoms with Gasteiger partial charge in [-0.1, -0.05) is 37.3 Å². The van der Waals surface area contributed by atoms with E-state index in [0.717, 1.165) is 5.56 Å². The molecule has 20 heavy (non-hydrogen) atoms. The Morgan fingerprint density at radius 1 is 1.35 bits per heavy atom. The summed E-state index contributed by atoms with van der Waals surface area (Å²) in [7, 11) is 0. The summed E-state index contributed by atoms with van der Waals surface area (Å²) in [6, 6.07) is 8.41. The third-order valence-electron chi connectivity index (χ3n) is 3.76. The van der Waals surface area contributed by atoms with Crippen molar-refractivity contribution in [2.45, 2.75) is 37.8 Å². The lowest BCUT2D eigenvalue weighted by Crippen LogP contribution is -2.43. The zero-order valence-electron chi connectivity index (χ0n) is 11.4. The summed E-state index contributed by atoms with van der Waals surface area (Å²) in [5.41, 5.74) is 0.880. The maximum atomic E-state index is 12.6. The fraction of sp³-hybridized carbons (Fsp3) is 0.467. The highest BCUT2D eigenvalue weighted by molar-refractivity contribution is 5.88. The number of carboxylic acids is 1. The van der Waals surface area contributed by atoms with Gasteiger partial charge in [0.25, 0.3) is 0 Å².